The molecular formula is C23H27NO. The molecule has 1 aliphatic carbocycles. The molecule has 3 aromatic rings. The second-order valence-electron chi connectivity index (χ2n) is 9.06. The molecule has 1 saturated heterocycles. The first-order valence-electron chi connectivity index (χ1n) is 9.55. The topological polar surface area (TPSA) is 16.4 Å². The van der Waals surface area contributed by atoms with Gasteiger partial charge in [0.1, 0.15) is 11.2 Å². The molecule has 1 aliphatic heterocycles. The molecule has 2 heterocycles. The number of rotatable bonds is 1. The Kier molecular flexibility index (Phi) is 2.82. The Hall–Kier alpha value is -1.96. The van der Waals surface area contributed by atoms with E-state index in [9.17, 15) is 0 Å². The molecular weight excluding hydrogens is 306 g/mol. The number of benzene rings is 2. The summed E-state index contributed by atoms with van der Waals surface area (Å²) in [5.74, 6) is 0.794. The van der Waals surface area contributed by atoms with Crippen LogP contribution < -0.4 is 4.90 Å². The standard InChI is InChI=1S/C23H27NO/c1-14-10-21-18(17-8-6-7-9-20(17)25-21)11-19(14)24-16(3)23(5)13-22(24,4)12-15(23)2/h6-11,15-16H,12-13H2,1-5H3/t15?,16-,22?,23?/m0/s1. The second-order valence-corrected chi connectivity index (χ2v) is 9.06. The molecule has 3 unspecified atom stereocenters. The van der Waals surface area contributed by atoms with Crippen molar-refractivity contribution in [3.63, 3.8) is 0 Å². The first-order valence-corrected chi connectivity index (χ1v) is 9.55. The Morgan fingerprint density at radius 2 is 1.80 bits per heavy atom. The summed E-state index contributed by atoms with van der Waals surface area (Å²) in [5.41, 5.74) is 5.38. The van der Waals surface area contributed by atoms with Gasteiger partial charge in [-0.05, 0) is 68.7 Å². The van der Waals surface area contributed by atoms with Gasteiger partial charge in [0.2, 0.25) is 0 Å². The average molecular weight is 333 g/mol. The van der Waals surface area contributed by atoms with Gasteiger partial charge in [-0.1, -0.05) is 32.0 Å². The Morgan fingerprint density at radius 1 is 1.04 bits per heavy atom. The van der Waals surface area contributed by atoms with Crippen molar-refractivity contribution in [3.8, 4) is 0 Å². The summed E-state index contributed by atoms with van der Waals surface area (Å²) < 4.78 is 6.08. The zero-order valence-electron chi connectivity index (χ0n) is 15.9. The van der Waals surface area contributed by atoms with Crippen LogP contribution in [0.5, 0.6) is 0 Å². The molecule has 1 aromatic heterocycles. The van der Waals surface area contributed by atoms with Gasteiger partial charge in [-0.2, -0.15) is 0 Å². The molecule has 1 saturated carbocycles. The van der Waals surface area contributed by atoms with E-state index in [4.69, 9.17) is 4.42 Å². The second kappa shape index (κ2) is 4.60. The number of aryl methyl sites for hydroxylation is 1. The largest absolute Gasteiger partial charge is 0.456 e. The van der Waals surface area contributed by atoms with Crippen molar-refractivity contribution < 1.29 is 4.42 Å². The van der Waals surface area contributed by atoms with Crippen molar-refractivity contribution in [2.75, 3.05) is 4.90 Å². The number of hydrogen-bond donors (Lipinski definition) is 0. The highest BCUT2D eigenvalue weighted by Gasteiger charge is 2.62. The van der Waals surface area contributed by atoms with Gasteiger partial charge in [-0.3, -0.25) is 0 Å². The van der Waals surface area contributed by atoms with E-state index in [1.54, 1.807) is 0 Å². The molecule has 0 amide bonds. The summed E-state index contributed by atoms with van der Waals surface area (Å²) in [7, 11) is 0. The number of para-hydroxylation sites is 1. The summed E-state index contributed by atoms with van der Waals surface area (Å²) >= 11 is 0. The van der Waals surface area contributed by atoms with Gasteiger partial charge < -0.3 is 9.32 Å². The monoisotopic (exact) mass is 333 g/mol. The lowest BCUT2D eigenvalue weighted by atomic mass is 9.75. The highest BCUT2D eigenvalue weighted by molar-refractivity contribution is 6.06. The summed E-state index contributed by atoms with van der Waals surface area (Å²) in [5, 5.41) is 2.47. The molecule has 5 rings (SSSR count). The fraction of sp³-hybridized carbons (Fsp3) is 0.478. The van der Waals surface area contributed by atoms with Crippen LogP contribution >= 0.6 is 0 Å². The minimum Gasteiger partial charge on any atom is -0.456 e. The van der Waals surface area contributed by atoms with E-state index in [0.717, 1.165) is 17.1 Å². The van der Waals surface area contributed by atoms with Crippen molar-refractivity contribution in [1.29, 1.82) is 0 Å². The highest BCUT2D eigenvalue weighted by Crippen LogP contribution is 2.62. The molecule has 2 heteroatoms. The van der Waals surface area contributed by atoms with E-state index >= 15 is 0 Å². The van der Waals surface area contributed by atoms with Gasteiger partial charge in [0.25, 0.3) is 0 Å². The molecule has 0 spiro atoms. The number of anilines is 1. The molecule has 0 N–H and O–H groups in total. The highest BCUT2D eigenvalue weighted by atomic mass is 16.3. The SMILES string of the molecule is Cc1cc2oc3ccccc3c2cc1N1[C@@H](C)C2(C)CC1(C)CC2C. The van der Waals surface area contributed by atoms with E-state index in [1.807, 2.05) is 6.07 Å². The number of fused-ring (bicyclic) bond motifs is 5. The molecule has 25 heavy (non-hydrogen) atoms. The number of furan rings is 1. The summed E-state index contributed by atoms with van der Waals surface area (Å²) in [6, 6.07) is 13.6. The Morgan fingerprint density at radius 3 is 2.52 bits per heavy atom. The van der Waals surface area contributed by atoms with E-state index in [2.05, 4.69) is 69.9 Å². The van der Waals surface area contributed by atoms with Crippen LogP contribution in [0.2, 0.25) is 0 Å². The summed E-state index contributed by atoms with van der Waals surface area (Å²) in [4.78, 5) is 2.73. The summed E-state index contributed by atoms with van der Waals surface area (Å²) in [6.45, 7) is 12.1. The fourth-order valence-electron chi connectivity index (χ4n) is 6.09. The molecule has 2 aliphatic rings. The van der Waals surface area contributed by atoms with Crippen LogP contribution in [-0.2, 0) is 0 Å². The smallest absolute Gasteiger partial charge is 0.135 e. The first kappa shape index (κ1) is 15.3. The lowest BCUT2D eigenvalue weighted by Crippen LogP contribution is -2.51. The van der Waals surface area contributed by atoms with Crippen LogP contribution in [0.3, 0.4) is 0 Å². The van der Waals surface area contributed by atoms with Crippen LogP contribution in [0, 0.1) is 18.3 Å². The van der Waals surface area contributed by atoms with Gasteiger partial charge in [0.15, 0.2) is 0 Å². The minimum atomic E-state index is 0.269. The Balaban J connectivity index is 1.73. The van der Waals surface area contributed by atoms with Gasteiger partial charge in [-0.15, -0.1) is 0 Å². The molecule has 2 fully saturated rings. The quantitative estimate of drug-likeness (QED) is 0.520. The van der Waals surface area contributed by atoms with Gasteiger partial charge in [-0.25, -0.2) is 0 Å². The third-order valence-electron chi connectivity index (χ3n) is 7.51. The van der Waals surface area contributed by atoms with E-state index < -0.39 is 0 Å². The fourth-order valence-corrected chi connectivity index (χ4v) is 6.09. The van der Waals surface area contributed by atoms with Crippen LogP contribution in [-0.4, -0.2) is 11.6 Å². The normalized spacial score (nSPS) is 34.5. The maximum Gasteiger partial charge on any atom is 0.135 e. The van der Waals surface area contributed by atoms with Gasteiger partial charge in [0.05, 0.1) is 0 Å². The third kappa shape index (κ3) is 1.80. The van der Waals surface area contributed by atoms with Crippen LogP contribution in [0.1, 0.15) is 46.1 Å². The molecule has 2 nitrogen and oxygen atoms in total. The minimum absolute atomic E-state index is 0.269. The lowest BCUT2D eigenvalue weighted by molar-refractivity contribution is 0.200. The van der Waals surface area contributed by atoms with Crippen LogP contribution in [0.4, 0.5) is 5.69 Å². The number of hydrogen-bond acceptors (Lipinski definition) is 2. The molecule has 0 radical (unpaired) electrons. The van der Waals surface area contributed by atoms with Crippen molar-refractivity contribution in [2.45, 2.75) is 59.0 Å². The zero-order valence-corrected chi connectivity index (χ0v) is 15.9. The maximum atomic E-state index is 6.08. The Bertz CT molecular complexity index is 1000. The predicted octanol–water partition coefficient (Wildman–Crippen LogP) is 6.30. The van der Waals surface area contributed by atoms with Gasteiger partial charge >= 0.3 is 0 Å². The third-order valence-corrected chi connectivity index (χ3v) is 7.51. The van der Waals surface area contributed by atoms with Crippen LogP contribution in [0.25, 0.3) is 21.9 Å². The van der Waals surface area contributed by atoms with Crippen molar-refractivity contribution in [3.05, 3.63) is 42.0 Å². The van der Waals surface area contributed by atoms with Gasteiger partial charge in [0, 0.05) is 28.0 Å². The average Bonchev–Trinajstić information content (AvgIpc) is 3.09. The summed E-state index contributed by atoms with van der Waals surface area (Å²) in [6.07, 6.45) is 2.59. The lowest BCUT2D eigenvalue weighted by Gasteiger charge is -2.47. The molecule has 2 bridgehead atoms. The predicted molar refractivity (Wildman–Crippen MR) is 105 cm³/mol. The van der Waals surface area contributed by atoms with E-state index in [1.165, 1.54) is 34.9 Å². The number of piperidine rings is 1. The molecule has 130 valence electrons. The maximum absolute atomic E-state index is 6.08. The first-order chi connectivity index (χ1) is 11.8. The van der Waals surface area contributed by atoms with Crippen LogP contribution in [0.15, 0.2) is 40.8 Å². The van der Waals surface area contributed by atoms with Crippen molar-refractivity contribution >= 4 is 27.6 Å². The Labute approximate surface area is 149 Å². The number of nitrogens with zero attached hydrogens (tertiary/aromatic N) is 1. The zero-order chi connectivity index (χ0) is 17.6. The molecule has 4 atom stereocenters. The molecule has 2 aromatic carbocycles. The van der Waals surface area contributed by atoms with Crippen molar-refractivity contribution in [1.82, 2.24) is 0 Å². The van der Waals surface area contributed by atoms with E-state index in [0.29, 0.717) is 11.5 Å². The van der Waals surface area contributed by atoms with E-state index in [-0.39, 0.29) is 5.54 Å². The van der Waals surface area contributed by atoms with Crippen molar-refractivity contribution in [2.24, 2.45) is 11.3 Å².